The maximum absolute atomic E-state index is 12.0. The summed E-state index contributed by atoms with van der Waals surface area (Å²) >= 11 is 12.5. The van der Waals surface area contributed by atoms with Crippen LogP contribution in [0, 0.1) is 0 Å². The summed E-state index contributed by atoms with van der Waals surface area (Å²) in [7, 11) is 0. The van der Waals surface area contributed by atoms with Crippen LogP contribution >= 0.6 is 34.7 Å². The van der Waals surface area contributed by atoms with E-state index < -0.39 is 12.1 Å². The highest BCUT2D eigenvalue weighted by Crippen LogP contribution is 2.30. The third-order valence-electron chi connectivity index (χ3n) is 3.40. The Bertz CT molecular complexity index is 529. The van der Waals surface area contributed by atoms with Crippen LogP contribution < -0.4 is 5.32 Å². The second-order valence-electron chi connectivity index (χ2n) is 5.01. The smallest absolute Gasteiger partial charge is 0.360 e. The molecule has 0 spiro atoms. The number of carbonyl (C=O) groups is 2. The van der Waals surface area contributed by atoms with Crippen molar-refractivity contribution >= 4 is 46.6 Å². The molecular formula is C13H16Cl2N2O3S. The number of nitrogens with zero attached hydrogens (tertiary/aromatic N) is 1. The first kappa shape index (κ1) is 16.5. The lowest BCUT2D eigenvalue weighted by Crippen LogP contribution is -2.42. The highest BCUT2D eigenvalue weighted by Gasteiger charge is 2.25. The van der Waals surface area contributed by atoms with E-state index in [1.165, 1.54) is 13.3 Å². The highest BCUT2D eigenvalue weighted by atomic mass is 35.5. The summed E-state index contributed by atoms with van der Waals surface area (Å²) in [5.74, 6) is -1.04. The van der Waals surface area contributed by atoms with E-state index in [1.54, 1.807) is 0 Å². The molecule has 1 N–H and O–H groups in total. The largest absolute Gasteiger partial charge is 0.448 e. The van der Waals surface area contributed by atoms with Gasteiger partial charge in [0.1, 0.15) is 9.36 Å². The van der Waals surface area contributed by atoms with E-state index in [-0.39, 0.29) is 27.0 Å². The number of rotatable bonds is 4. The van der Waals surface area contributed by atoms with Gasteiger partial charge in [-0.05, 0) is 31.3 Å². The minimum absolute atomic E-state index is 0.0519. The lowest BCUT2D eigenvalue weighted by atomic mass is 9.95. The van der Waals surface area contributed by atoms with Crippen LogP contribution in [-0.2, 0) is 9.53 Å². The van der Waals surface area contributed by atoms with Crippen LogP contribution in [0.3, 0.4) is 0 Å². The van der Waals surface area contributed by atoms with Gasteiger partial charge >= 0.3 is 5.97 Å². The number of hydrogen-bond donors (Lipinski definition) is 1. The fraction of sp³-hybridized carbons (Fsp3) is 0.615. The predicted molar refractivity (Wildman–Crippen MR) is 82.0 cm³/mol. The number of hydrogen-bond acceptors (Lipinski definition) is 5. The molecule has 0 bridgehead atoms. The fourth-order valence-electron chi connectivity index (χ4n) is 2.22. The lowest BCUT2D eigenvalue weighted by Gasteiger charge is -2.24. The number of ether oxygens (including phenoxy) is 1. The van der Waals surface area contributed by atoms with Gasteiger partial charge in [-0.3, -0.25) is 4.79 Å². The predicted octanol–water partition coefficient (Wildman–Crippen LogP) is 3.44. The van der Waals surface area contributed by atoms with Crippen molar-refractivity contribution in [2.75, 3.05) is 0 Å². The van der Waals surface area contributed by atoms with Crippen molar-refractivity contribution in [1.82, 2.24) is 9.69 Å². The van der Waals surface area contributed by atoms with Crippen LogP contribution in [0.15, 0.2) is 0 Å². The van der Waals surface area contributed by atoms with Gasteiger partial charge in [0.15, 0.2) is 11.8 Å². The van der Waals surface area contributed by atoms with Crippen molar-refractivity contribution in [2.45, 2.75) is 51.2 Å². The Kier molecular flexibility index (Phi) is 5.84. The van der Waals surface area contributed by atoms with Gasteiger partial charge in [-0.15, -0.1) is 0 Å². The molecule has 1 aromatic rings. The molecule has 1 aliphatic rings. The molecule has 116 valence electrons. The number of esters is 1. The molecule has 1 atom stereocenters. The first-order valence-electron chi connectivity index (χ1n) is 6.81. The molecule has 1 fully saturated rings. The number of carbonyl (C=O) groups excluding carboxylic acids is 2. The maximum atomic E-state index is 12.0. The summed E-state index contributed by atoms with van der Waals surface area (Å²) in [5, 5.41) is 2.96. The molecule has 1 aliphatic carbocycles. The van der Waals surface area contributed by atoms with Gasteiger partial charge in [0, 0.05) is 6.04 Å². The van der Waals surface area contributed by atoms with Gasteiger partial charge in [-0.2, -0.15) is 4.37 Å². The van der Waals surface area contributed by atoms with Crippen molar-refractivity contribution in [3.05, 3.63) is 15.1 Å². The number of nitrogens with one attached hydrogen (secondary N) is 1. The second-order valence-corrected chi connectivity index (χ2v) is 6.76. The van der Waals surface area contributed by atoms with E-state index in [0.717, 1.165) is 37.2 Å². The number of halogens is 2. The normalized spacial score (nSPS) is 17.3. The molecule has 0 saturated heterocycles. The molecule has 2 rings (SSSR count). The van der Waals surface area contributed by atoms with Crippen LogP contribution in [0.1, 0.15) is 49.5 Å². The summed E-state index contributed by atoms with van der Waals surface area (Å²) in [4.78, 5) is 23.9. The van der Waals surface area contributed by atoms with Crippen LogP contribution in [0.25, 0.3) is 0 Å². The Hall–Kier alpha value is -0.850. The Morgan fingerprint density at radius 3 is 2.57 bits per heavy atom. The Morgan fingerprint density at radius 2 is 2.00 bits per heavy atom. The first-order chi connectivity index (χ1) is 9.99. The first-order valence-corrected chi connectivity index (χ1v) is 8.34. The third-order valence-corrected chi connectivity index (χ3v) is 5.01. The highest BCUT2D eigenvalue weighted by molar-refractivity contribution is 7.11. The maximum Gasteiger partial charge on any atom is 0.360 e. The van der Waals surface area contributed by atoms with Crippen LogP contribution in [-0.4, -0.2) is 28.4 Å². The van der Waals surface area contributed by atoms with E-state index in [1.807, 2.05) is 0 Å². The summed E-state index contributed by atoms with van der Waals surface area (Å²) < 4.78 is 9.12. The topological polar surface area (TPSA) is 68.3 Å². The van der Waals surface area contributed by atoms with Crippen molar-refractivity contribution < 1.29 is 14.3 Å². The Balaban J connectivity index is 1.88. The minimum Gasteiger partial charge on any atom is -0.448 e. The summed E-state index contributed by atoms with van der Waals surface area (Å²) in [6, 6.07) is 0.171. The summed E-state index contributed by atoms with van der Waals surface area (Å²) in [6.45, 7) is 1.53. The van der Waals surface area contributed by atoms with Gasteiger partial charge in [0.2, 0.25) is 0 Å². The lowest BCUT2D eigenvalue weighted by molar-refractivity contribution is -0.130. The van der Waals surface area contributed by atoms with E-state index in [2.05, 4.69) is 9.69 Å². The monoisotopic (exact) mass is 350 g/mol. The van der Waals surface area contributed by atoms with Crippen molar-refractivity contribution in [3.63, 3.8) is 0 Å². The molecule has 1 amide bonds. The molecule has 0 unspecified atom stereocenters. The zero-order valence-electron chi connectivity index (χ0n) is 11.5. The number of amides is 1. The van der Waals surface area contributed by atoms with Gasteiger partial charge in [-0.25, -0.2) is 4.79 Å². The SMILES string of the molecule is C[C@H](OC(=O)c1nsc(Cl)c1Cl)C(=O)NC1CCCCC1. The molecule has 5 nitrogen and oxygen atoms in total. The van der Waals surface area contributed by atoms with E-state index in [0.29, 0.717) is 0 Å². The molecule has 1 saturated carbocycles. The molecule has 0 aliphatic heterocycles. The van der Waals surface area contributed by atoms with Gasteiger partial charge in [0.05, 0.1) is 0 Å². The average molecular weight is 351 g/mol. The molecule has 0 aromatic carbocycles. The van der Waals surface area contributed by atoms with Crippen molar-refractivity contribution in [3.8, 4) is 0 Å². The fourth-order valence-corrected chi connectivity index (χ4v) is 3.20. The molecule has 8 heteroatoms. The van der Waals surface area contributed by atoms with E-state index in [9.17, 15) is 9.59 Å². The second kappa shape index (κ2) is 7.42. The summed E-state index contributed by atoms with van der Waals surface area (Å²) in [6.07, 6.45) is 4.49. The summed E-state index contributed by atoms with van der Waals surface area (Å²) in [5.41, 5.74) is -0.0519. The molecular weight excluding hydrogens is 335 g/mol. The Labute approximate surface area is 137 Å². The molecule has 0 radical (unpaired) electrons. The third kappa shape index (κ3) is 4.31. The minimum atomic E-state index is -0.893. The van der Waals surface area contributed by atoms with Gasteiger partial charge in [0.25, 0.3) is 5.91 Å². The molecule has 1 heterocycles. The van der Waals surface area contributed by atoms with E-state index in [4.69, 9.17) is 27.9 Å². The van der Waals surface area contributed by atoms with Gasteiger partial charge < -0.3 is 10.1 Å². The van der Waals surface area contributed by atoms with Gasteiger partial charge in [-0.1, -0.05) is 42.5 Å². The quantitative estimate of drug-likeness (QED) is 0.844. The zero-order valence-corrected chi connectivity index (χ0v) is 13.9. The Morgan fingerprint density at radius 1 is 1.33 bits per heavy atom. The van der Waals surface area contributed by atoms with Crippen molar-refractivity contribution in [1.29, 1.82) is 0 Å². The van der Waals surface area contributed by atoms with Crippen LogP contribution in [0.5, 0.6) is 0 Å². The standard InChI is InChI=1S/C13H16Cl2N2O3S/c1-7(12(18)16-8-5-3-2-4-6-8)20-13(19)10-9(14)11(15)21-17-10/h7-8H,2-6H2,1H3,(H,16,18)/t7-/m0/s1. The molecule has 1 aromatic heterocycles. The zero-order chi connectivity index (χ0) is 15.4. The average Bonchev–Trinajstić information content (AvgIpc) is 2.80. The van der Waals surface area contributed by atoms with Crippen molar-refractivity contribution in [2.24, 2.45) is 0 Å². The van der Waals surface area contributed by atoms with Crippen LogP contribution in [0.4, 0.5) is 0 Å². The number of aromatic nitrogens is 1. The van der Waals surface area contributed by atoms with Crippen LogP contribution in [0.2, 0.25) is 9.36 Å². The van der Waals surface area contributed by atoms with E-state index >= 15 is 0 Å². The molecule has 21 heavy (non-hydrogen) atoms.